The number of benzene rings is 1. The molecule has 15 heteroatoms. The highest BCUT2D eigenvalue weighted by Crippen LogP contribution is 2.34. The Hall–Kier alpha value is -3.29. The van der Waals surface area contributed by atoms with Crippen LogP contribution in [0.25, 0.3) is 21.1 Å². The fraction of sp³-hybridized carbons (Fsp3) is 0.559. The molecule has 1 saturated carbocycles. The topological polar surface area (TPSA) is 110 Å². The van der Waals surface area contributed by atoms with Crippen molar-refractivity contribution in [2.45, 2.75) is 82.6 Å². The molecule has 1 aliphatic carbocycles. The van der Waals surface area contributed by atoms with Gasteiger partial charge in [-0.25, -0.2) is 18.4 Å². The lowest BCUT2D eigenvalue weighted by atomic mass is 10.0. The summed E-state index contributed by atoms with van der Waals surface area (Å²) in [5.74, 6) is 0.588. The van der Waals surface area contributed by atoms with E-state index in [0.29, 0.717) is 54.5 Å². The standard InChI is InChI=1S/C34H41F3N8O2S2/c1-22(43-11-13-44(14-12-43)49(46,47)28-4-5-28)19-45-26(18-38)15-29-23(2)24(3-6-31(29)45)20-42-9-7-25(8-10-42)41-32-30-16-27(17-34(35,36)37)48-33(30)40-21-39-32/h3,6,15-16,21-22,25,28H,4-5,7-14,17,19-20H2,1-2H3,(H,39,40,41). The number of halogens is 3. The molecule has 1 aromatic carbocycles. The van der Waals surface area contributed by atoms with Crippen LogP contribution in [0, 0.1) is 18.3 Å². The van der Waals surface area contributed by atoms with E-state index < -0.39 is 22.6 Å². The molecule has 5 heterocycles. The summed E-state index contributed by atoms with van der Waals surface area (Å²) in [5.41, 5.74) is 4.04. The van der Waals surface area contributed by atoms with Crippen LogP contribution < -0.4 is 5.32 Å². The van der Waals surface area contributed by atoms with Crippen molar-refractivity contribution < 1.29 is 21.6 Å². The van der Waals surface area contributed by atoms with Gasteiger partial charge in [-0.1, -0.05) is 6.07 Å². The zero-order chi connectivity index (χ0) is 34.5. The Balaban J connectivity index is 0.970. The van der Waals surface area contributed by atoms with Crippen molar-refractivity contribution in [3.8, 4) is 6.07 Å². The molecule has 0 spiro atoms. The van der Waals surface area contributed by atoms with E-state index >= 15 is 0 Å². The molecular formula is C34H41F3N8O2S2. The Morgan fingerprint density at radius 3 is 2.45 bits per heavy atom. The van der Waals surface area contributed by atoms with E-state index in [2.05, 4.69) is 61.7 Å². The molecule has 49 heavy (non-hydrogen) atoms. The second-order valence-corrected chi connectivity index (χ2v) is 17.0. The van der Waals surface area contributed by atoms with Crippen LogP contribution in [0.2, 0.25) is 0 Å². The van der Waals surface area contributed by atoms with Gasteiger partial charge >= 0.3 is 6.18 Å². The van der Waals surface area contributed by atoms with Gasteiger partial charge in [0.2, 0.25) is 10.0 Å². The minimum atomic E-state index is -4.26. The van der Waals surface area contributed by atoms with Gasteiger partial charge in [0.05, 0.1) is 17.1 Å². The fourth-order valence-corrected chi connectivity index (χ4v) is 10.2. The van der Waals surface area contributed by atoms with Crippen LogP contribution in [0.1, 0.15) is 54.3 Å². The number of hydrogen-bond acceptors (Lipinski definition) is 9. The van der Waals surface area contributed by atoms with Gasteiger partial charge in [-0.15, -0.1) is 11.3 Å². The van der Waals surface area contributed by atoms with E-state index in [1.807, 2.05) is 6.07 Å². The maximum absolute atomic E-state index is 13.0. The number of piperidine rings is 1. The number of aromatic nitrogens is 3. The lowest BCUT2D eigenvalue weighted by Gasteiger charge is -2.37. The van der Waals surface area contributed by atoms with Crippen molar-refractivity contribution in [2.24, 2.45) is 0 Å². The number of nitriles is 1. The fourth-order valence-electron chi connectivity index (χ4n) is 7.31. The van der Waals surface area contributed by atoms with E-state index in [0.717, 1.165) is 73.1 Å². The molecule has 2 aliphatic heterocycles. The lowest BCUT2D eigenvalue weighted by Crippen LogP contribution is -2.52. The zero-order valence-electron chi connectivity index (χ0n) is 27.7. The summed E-state index contributed by atoms with van der Waals surface area (Å²) >= 11 is 1.06. The number of hydrogen-bond donors (Lipinski definition) is 1. The minimum absolute atomic E-state index is 0.142. The van der Waals surface area contributed by atoms with Crippen LogP contribution >= 0.6 is 11.3 Å². The van der Waals surface area contributed by atoms with Gasteiger partial charge in [-0.2, -0.15) is 22.7 Å². The number of nitrogens with zero attached hydrogens (tertiary/aromatic N) is 7. The number of likely N-dealkylation sites (tertiary alicyclic amines) is 1. The molecule has 1 unspecified atom stereocenters. The van der Waals surface area contributed by atoms with Gasteiger partial charge in [0.25, 0.3) is 0 Å². The Bertz CT molecular complexity index is 1980. The summed E-state index contributed by atoms with van der Waals surface area (Å²) in [6, 6.07) is 10.5. The highest BCUT2D eigenvalue weighted by molar-refractivity contribution is 7.90. The van der Waals surface area contributed by atoms with Gasteiger partial charge in [-0.3, -0.25) is 9.80 Å². The number of alkyl halides is 3. The van der Waals surface area contributed by atoms with Crippen LogP contribution in [0.15, 0.2) is 30.6 Å². The number of aryl methyl sites for hydroxylation is 1. The van der Waals surface area contributed by atoms with Crippen molar-refractivity contribution in [1.29, 1.82) is 5.26 Å². The van der Waals surface area contributed by atoms with E-state index in [-0.39, 0.29) is 22.2 Å². The van der Waals surface area contributed by atoms with Gasteiger partial charge in [0.1, 0.15) is 28.7 Å². The highest BCUT2D eigenvalue weighted by Gasteiger charge is 2.41. The SMILES string of the molecule is Cc1c(CN2CCC(Nc3ncnc4sc(CC(F)(F)F)cc34)CC2)ccc2c1cc(C#N)n2CC(C)N1CCN(S(=O)(=O)C2CC2)CC1. The number of nitrogens with one attached hydrogen (secondary N) is 1. The molecule has 3 aliphatic rings. The number of thiophene rings is 1. The monoisotopic (exact) mass is 714 g/mol. The second-order valence-electron chi connectivity index (χ2n) is 13.7. The average molecular weight is 715 g/mol. The average Bonchev–Trinajstić information content (AvgIpc) is 3.77. The molecule has 0 radical (unpaired) electrons. The van der Waals surface area contributed by atoms with Crippen molar-refractivity contribution >= 4 is 48.3 Å². The van der Waals surface area contributed by atoms with Gasteiger partial charge in [0, 0.05) is 80.2 Å². The third kappa shape index (κ3) is 7.30. The highest BCUT2D eigenvalue weighted by atomic mass is 32.2. The molecule has 2 saturated heterocycles. The number of rotatable bonds is 10. The van der Waals surface area contributed by atoms with Crippen molar-refractivity contribution in [3.05, 3.63) is 52.3 Å². The molecule has 7 rings (SSSR count). The van der Waals surface area contributed by atoms with E-state index in [4.69, 9.17) is 0 Å². The molecule has 3 aromatic heterocycles. The molecule has 4 aromatic rings. The summed E-state index contributed by atoms with van der Waals surface area (Å²) in [7, 11) is -3.16. The zero-order valence-corrected chi connectivity index (χ0v) is 29.3. The predicted molar refractivity (Wildman–Crippen MR) is 185 cm³/mol. The maximum Gasteiger partial charge on any atom is 0.393 e. The molecule has 1 N–H and O–H groups in total. The molecular weight excluding hydrogens is 674 g/mol. The number of piperazine rings is 1. The normalized spacial score (nSPS) is 19.8. The molecule has 10 nitrogen and oxygen atoms in total. The summed E-state index contributed by atoms with van der Waals surface area (Å²) in [6.07, 6.45) is -0.520. The van der Waals surface area contributed by atoms with Gasteiger partial charge in [-0.05, 0) is 68.9 Å². The smallest absolute Gasteiger partial charge is 0.367 e. The van der Waals surface area contributed by atoms with E-state index in [1.165, 1.54) is 11.9 Å². The van der Waals surface area contributed by atoms with Crippen molar-refractivity contribution in [2.75, 3.05) is 44.6 Å². The first-order valence-electron chi connectivity index (χ1n) is 16.9. The molecule has 0 amide bonds. The first kappa shape index (κ1) is 34.2. The summed E-state index contributed by atoms with van der Waals surface area (Å²) in [6.45, 7) is 9.83. The van der Waals surface area contributed by atoms with Crippen LogP contribution in [-0.2, 0) is 29.5 Å². The maximum atomic E-state index is 13.0. The first-order chi connectivity index (χ1) is 23.4. The van der Waals surface area contributed by atoms with Gasteiger partial charge < -0.3 is 9.88 Å². The van der Waals surface area contributed by atoms with Crippen LogP contribution in [-0.4, -0.2) is 99.8 Å². The number of anilines is 1. The van der Waals surface area contributed by atoms with Crippen LogP contribution in [0.4, 0.5) is 19.0 Å². The van der Waals surface area contributed by atoms with Crippen molar-refractivity contribution in [3.63, 3.8) is 0 Å². The predicted octanol–water partition coefficient (Wildman–Crippen LogP) is 5.51. The summed E-state index contributed by atoms with van der Waals surface area (Å²) in [5, 5.41) is 15.1. The van der Waals surface area contributed by atoms with Crippen LogP contribution in [0.5, 0.6) is 0 Å². The quantitative estimate of drug-likeness (QED) is 0.229. The van der Waals surface area contributed by atoms with Gasteiger partial charge in [0.15, 0.2) is 0 Å². The number of fused-ring (bicyclic) bond motifs is 2. The minimum Gasteiger partial charge on any atom is -0.367 e. The molecule has 0 bridgehead atoms. The Morgan fingerprint density at radius 1 is 1.04 bits per heavy atom. The summed E-state index contributed by atoms with van der Waals surface area (Å²) < 4.78 is 68.0. The second kappa shape index (κ2) is 13.4. The Morgan fingerprint density at radius 2 is 1.78 bits per heavy atom. The first-order valence-corrected chi connectivity index (χ1v) is 19.3. The molecule has 262 valence electrons. The lowest BCUT2D eigenvalue weighted by molar-refractivity contribution is -0.126. The third-order valence-electron chi connectivity index (χ3n) is 10.3. The Kier molecular flexibility index (Phi) is 9.38. The Labute approximate surface area is 288 Å². The molecule has 1 atom stereocenters. The van der Waals surface area contributed by atoms with E-state index in [9.17, 15) is 26.9 Å². The molecule has 3 fully saturated rings. The largest absolute Gasteiger partial charge is 0.393 e. The van der Waals surface area contributed by atoms with E-state index in [1.54, 1.807) is 10.4 Å². The van der Waals surface area contributed by atoms with Crippen molar-refractivity contribution in [1.82, 2.24) is 28.6 Å². The number of sulfonamides is 1. The van der Waals surface area contributed by atoms with Crippen LogP contribution in [0.3, 0.4) is 0 Å². The third-order valence-corrected chi connectivity index (χ3v) is 13.7. The summed E-state index contributed by atoms with van der Waals surface area (Å²) in [4.78, 5) is 14.1.